The number of anilines is 2. The quantitative estimate of drug-likeness (QED) is 0.421. The number of aromatic nitrogens is 3. The summed E-state index contributed by atoms with van der Waals surface area (Å²) < 4.78 is 18.5. The van der Waals surface area contributed by atoms with Gasteiger partial charge in [-0.05, 0) is 70.4 Å². The number of pyridine rings is 1. The summed E-state index contributed by atoms with van der Waals surface area (Å²) in [5.74, 6) is -0.179. The predicted octanol–water partition coefficient (Wildman–Crippen LogP) is 3.38. The fraction of sp³-hybridized carbons (Fsp3) is 0.500. The van der Waals surface area contributed by atoms with E-state index in [0.717, 1.165) is 5.56 Å². The molecule has 2 aromatic heterocycles. The number of fused-ring (bicyclic) bond motifs is 1. The number of benzene rings is 1. The molecular weight excluding hydrogens is 540 g/mol. The number of nitriles is 1. The first-order valence-corrected chi connectivity index (χ1v) is 14.1. The Morgan fingerprint density at radius 2 is 2.02 bits per heavy atom. The molecule has 2 fully saturated rings. The zero-order valence-corrected chi connectivity index (χ0v) is 24.4. The molecule has 2 aliphatic rings. The van der Waals surface area contributed by atoms with Crippen molar-refractivity contribution in [1.29, 1.82) is 5.26 Å². The maximum absolute atomic E-state index is 13.0. The van der Waals surface area contributed by atoms with Gasteiger partial charge in [-0.3, -0.25) is 14.3 Å². The number of hydrogen-bond acceptors (Lipinski definition) is 9. The van der Waals surface area contributed by atoms with Gasteiger partial charge in [0.2, 0.25) is 0 Å². The van der Waals surface area contributed by atoms with E-state index < -0.39 is 23.2 Å². The average Bonchev–Trinajstić information content (AvgIpc) is 3.33. The first kappa shape index (κ1) is 29.3. The van der Waals surface area contributed by atoms with Crippen molar-refractivity contribution in [3.8, 4) is 6.07 Å². The summed E-state index contributed by atoms with van der Waals surface area (Å²) in [5.41, 5.74) is 0.683. The van der Waals surface area contributed by atoms with E-state index in [0.29, 0.717) is 67.1 Å². The van der Waals surface area contributed by atoms with Crippen LogP contribution in [0.3, 0.4) is 0 Å². The monoisotopic (exact) mass is 576 g/mol. The molecule has 3 aromatic rings. The lowest BCUT2D eigenvalue weighted by atomic mass is 9.87. The summed E-state index contributed by atoms with van der Waals surface area (Å²) in [4.78, 5) is 43.2. The Morgan fingerprint density at radius 3 is 2.67 bits per heavy atom. The number of carbonyl (C=O) groups excluding carboxylic acids is 2. The number of esters is 1. The van der Waals surface area contributed by atoms with Crippen molar-refractivity contribution in [3.63, 3.8) is 0 Å². The van der Waals surface area contributed by atoms with Crippen molar-refractivity contribution >= 4 is 34.3 Å². The average molecular weight is 577 g/mol. The zero-order valence-electron chi connectivity index (χ0n) is 24.4. The van der Waals surface area contributed by atoms with Gasteiger partial charge in [0.25, 0.3) is 11.5 Å². The van der Waals surface area contributed by atoms with Crippen molar-refractivity contribution in [1.82, 2.24) is 19.7 Å². The molecule has 0 aliphatic carbocycles. The molecule has 42 heavy (non-hydrogen) atoms. The molecule has 2 unspecified atom stereocenters. The van der Waals surface area contributed by atoms with Crippen LogP contribution in [0.25, 0.3) is 10.9 Å². The number of nitrogens with zero attached hydrogens (tertiary/aromatic N) is 4. The minimum atomic E-state index is -0.899. The van der Waals surface area contributed by atoms with E-state index in [1.54, 1.807) is 48.6 Å². The first-order chi connectivity index (χ1) is 20.0. The lowest BCUT2D eigenvalue weighted by Crippen LogP contribution is -2.47. The number of aromatic amines is 1. The number of amides is 1. The molecule has 2 aliphatic heterocycles. The van der Waals surface area contributed by atoms with Crippen LogP contribution in [0.5, 0.6) is 0 Å². The van der Waals surface area contributed by atoms with E-state index in [9.17, 15) is 19.6 Å². The van der Waals surface area contributed by atoms with Crippen LogP contribution >= 0.6 is 0 Å². The molecule has 1 amide bonds. The van der Waals surface area contributed by atoms with Gasteiger partial charge in [0, 0.05) is 30.5 Å². The minimum Gasteiger partial charge on any atom is -0.458 e. The normalized spacial score (nSPS) is 21.1. The predicted molar refractivity (Wildman–Crippen MR) is 155 cm³/mol. The number of rotatable bonds is 6. The second-order valence-electron chi connectivity index (χ2n) is 11.8. The van der Waals surface area contributed by atoms with Gasteiger partial charge in [-0.15, -0.1) is 0 Å². The minimum absolute atomic E-state index is 0.0466. The summed E-state index contributed by atoms with van der Waals surface area (Å²) in [6.07, 6.45) is 1.61. The third kappa shape index (κ3) is 5.89. The van der Waals surface area contributed by atoms with Crippen LogP contribution < -0.4 is 10.9 Å². The van der Waals surface area contributed by atoms with Crippen molar-refractivity contribution in [2.45, 2.75) is 64.2 Å². The third-order valence-electron chi connectivity index (χ3n) is 7.57. The molecule has 2 atom stereocenters. The summed E-state index contributed by atoms with van der Waals surface area (Å²) >= 11 is 0. The molecular formula is C30H36N6O6. The van der Waals surface area contributed by atoms with Gasteiger partial charge < -0.3 is 29.4 Å². The van der Waals surface area contributed by atoms with Gasteiger partial charge in [0.05, 0.1) is 43.4 Å². The second kappa shape index (κ2) is 11.6. The number of nitrogens with one attached hydrogen (secondary N) is 2. The molecule has 1 aromatic carbocycles. The SMILES string of the molecule is Cc1cc(Nc2nn(C3(CC#N)CCC(C(=O)OC(C)(C)C)OC3)c3cc[nH]c(=O)c23)ccc1C(=O)N1CCOCC1. The maximum Gasteiger partial charge on any atom is 0.335 e. The van der Waals surface area contributed by atoms with E-state index >= 15 is 0 Å². The van der Waals surface area contributed by atoms with Gasteiger partial charge in [0.15, 0.2) is 11.9 Å². The number of H-pyrrole nitrogens is 1. The number of carbonyl (C=O) groups is 2. The van der Waals surface area contributed by atoms with E-state index in [1.807, 2.05) is 13.0 Å². The van der Waals surface area contributed by atoms with Gasteiger partial charge in [0.1, 0.15) is 11.0 Å². The molecule has 2 N–H and O–H groups in total. The largest absolute Gasteiger partial charge is 0.458 e. The molecule has 12 heteroatoms. The van der Waals surface area contributed by atoms with Crippen LogP contribution in [-0.4, -0.2) is 76.2 Å². The summed E-state index contributed by atoms with van der Waals surface area (Å²) in [6.45, 7) is 9.46. The van der Waals surface area contributed by atoms with E-state index in [1.165, 1.54) is 6.20 Å². The number of hydrogen-bond donors (Lipinski definition) is 2. The lowest BCUT2D eigenvalue weighted by molar-refractivity contribution is -0.176. The molecule has 0 bridgehead atoms. The Morgan fingerprint density at radius 1 is 1.26 bits per heavy atom. The van der Waals surface area contributed by atoms with Crippen molar-refractivity contribution in [2.24, 2.45) is 0 Å². The molecule has 4 heterocycles. The first-order valence-electron chi connectivity index (χ1n) is 14.1. The Balaban J connectivity index is 1.44. The highest BCUT2D eigenvalue weighted by Crippen LogP contribution is 2.37. The van der Waals surface area contributed by atoms with Crippen molar-refractivity contribution in [3.05, 3.63) is 51.9 Å². The summed E-state index contributed by atoms with van der Waals surface area (Å²) in [5, 5.41) is 18.2. The Kier molecular flexibility index (Phi) is 8.08. The van der Waals surface area contributed by atoms with Crippen LogP contribution in [0.15, 0.2) is 35.3 Å². The van der Waals surface area contributed by atoms with Crippen LogP contribution in [-0.2, 0) is 24.5 Å². The number of aryl methyl sites for hydroxylation is 1. The van der Waals surface area contributed by atoms with Crippen LogP contribution in [0, 0.1) is 18.3 Å². The fourth-order valence-electron chi connectivity index (χ4n) is 5.47. The van der Waals surface area contributed by atoms with E-state index in [-0.39, 0.29) is 24.5 Å². The highest BCUT2D eigenvalue weighted by atomic mass is 16.6. The van der Waals surface area contributed by atoms with E-state index in [2.05, 4.69) is 16.4 Å². The molecule has 0 saturated carbocycles. The van der Waals surface area contributed by atoms with E-state index in [4.69, 9.17) is 19.3 Å². The molecule has 0 spiro atoms. The van der Waals surface area contributed by atoms with Crippen molar-refractivity contribution < 1.29 is 23.8 Å². The standard InChI is InChI=1S/C30H36N6O6/c1-19-17-20(5-6-21(19)27(38)35-13-15-40-16-14-35)33-25-24-22(8-12-32-26(24)37)36(34-25)30(10-11-31)9-7-23(41-18-30)28(39)42-29(2,3)4/h5-6,8,12,17,23H,7,9-10,13-16,18H2,1-4H3,(H,32,37)(H,33,34). The smallest absolute Gasteiger partial charge is 0.335 e. The Bertz CT molecular complexity index is 1580. The molecule has 2 saturated heterocycles. The van der Waals surface area contributed by atoms with Crippen LogP contribution in [0.1, 0.15) is 56.0 Å². The summed E-state index contributed by atoms with van der Waals surface area (Å²) in [7, 11) is 0. The second-order valence-corrected chi connectivity index (χ2v) is 11.8. The fourth-order valence-corrected chi connectivity index (χ4v) is 5.47. The Labute approximate surface area is 243 Å². The van der Waals surface area contributed by atoms with Crippen molar-refractivity contribution in [2.75, 3.05) is 38.2 Å². The van der Waals surface area contributed by atoms with Crippen LogP contribution in [0.2, 0.25) is 0 Å². The summed E-state index contributed by atoms with van der Waals surface area (Å²) in [6, 6.07) is 9.37. The third-order valence-corrected chi connectivity index (χ3v) is 7.57. The topological polar surface area (TPSA) is 152 Å². The molecule has 222 valence electrons. The zero-order chi connectivity index (χ0) is 30.1. The molecule has 5 rings (SSSR count). The number of morpholine rings is 1. The number of ether oxygens (including phenoxy) is 3. The van der Waals surface area contributed by atoms with Gasteiger partial charge in [-0.25, -0.2) is 4.79 Å². The highest BCUT2D eigenvalue weighted by Gasteiger charge is 2.43. The van der Waals surface area contributed by atoms with Gasteiger partial charge in [-0.2, -0.15) is 10.4 Å². The molecule has 12 nitrogen and oxygen atoms in total. The Hall–Kier alpha value is -4.21. The lowest BCUT2D eigenvalue weighted by Gasteiger charge is -2.39. The maximum atomic E-state index is 13.0. The molecule has 0 radical (unpaired) electrons. The highest BCUT2D eigenvalue weighted by molar-refractivity contribution is 5.97. The van der Waals surface area contributed by atoms with Gasteiger partial charge >= 0.3 is 5.97 Å². The van der Waals surface area contributed by atoms with Gasteiger partial charge in [-0.1, -0.05) is 0 Å². The van der Waals surface area contributed by atoms with Crippen LogP contribution in [0.4, 0.5) is 11.5 Å².